The SMILES string of the molecule is CN1CCC(c2c[nH]c3ccc(Cc4ccc(F)c(F)c4)cc23)CC1. The number of fused-ring (bicyclic) bond motifs is 1. The average Bonchev–Trinajstić information content (AvgIpc) is 3.02. The molecule has 4 heteroatoms. The largest absolute Gasteiger partial charge is 0.361 e. The van der Waals surface area contributed by atoms with Gasteiger partial charge >= 0.3 is 0 Å². The summed E-state index contributed by atoms with van der Waals surface area (Å²) in [6, 6.07) is 10.5. The zero-order valence-corrected chi connectivity index (χ0v) is 14.4. The van der Waals surface area contributed by atoms with Gasteiger partial charge in [-0.15, -0.1) is 0 Å². The first kappa shape index (κ1) is 16.3. The van der Waals surface area contributed by atoms with Crippen molar-refractivity contribution in [3.05, 3.63) is 70.9 Å². The maximum atomic E-state index is 13.4. The molecule has 0 aliphatic carbocycles. The van der Waals surface area contributed by atoms with Gasteiger partial charge in [0.05, 0.1) is 0 Å². The highest BCUT2D eigenvalue weighted by Crippen LogP contribution is 2.33. The van der Waals surface area contributed by atoms with Crippen LogP contribution in [0, 0.1) is 11.6 Å². The van der Waals surface area contributed by atoms with Gasteiger partial charge in [-0.05, 0) is 86.3 Å². The monoisotopic (exact) mass is 340 g/mol. The molecule has 0 radical (unpaired) electrons. The Morgan fingerprint density at radius 3 is 2.48 bits per heavy atom. The molecular weight excluding hydrogens is 318 g/mol. The van der Waals surface area contributed by atoms with Gasteiger partial charge in [0.1, 0.15) is 0 Å². The summed E-state index contributed by atoms with van der Waals surface area (Å²) >= 11 is 0. The molecule has 1 aromatic heterocycles. The summed E-state index contributed by atoms with van der Waals surface area (Å²) in [5.74, 6) is -0.995. The van der Waals surface area contributed by atoms with Crippen LogP contribution in [0.3, 0.4) is 0 Å². The van der Waals surface area contributed by atoms with E-state index in [-0.39, 0.29) is 0 Å². The Balaban J connectivity index is 1.62. The van der Waals surface area contributed by atoms with Gasteiger partial charge < -0.3 is 9.88 Å². The van der Waals surface area contributed by atoms with Crippen molar-refractivity contribution in [3.8, 4) is 0 Å². The fourth-order valence-corrected chi connectivity index (χ4v) is 3.84. The molecule has 0 saturated carbocycles. The van der Waals surface area contributed by atoms with Gasteiger partial charge in [0, 0.05) is 17.1 Å². The van der Waals surface area contributed by atoms with Crippen molar-refractivity contribution >= 4 is 10.9 Å². The van der Waals surface area contributed by atoms with Gasteiger partial charge in [0.2, 0.25) is 0 Å². The predicted octanol–water partition coefficient (Wildman–Crippen LogP) is 4.85. The lowest BCUT2D eigenvalue weighted by molar-refractivity contribution is 0.256. The molecule has 1 aliphatic heterocycles. The minimum Gasteiger partial charge on any atom is -0.361 e. The molecule has 0 amide bonds. The first-order valence-electron chi connectivity index (χ1n) is 8.82. The molecular formula is C21H22F2N2. The predicted molar refractivity (Wildman–Crippen MR) is 96.9 cm³/mol. The van der Waals surface area contributed by atoms with Crippen molar-refractivity contribution in [2.24, 2.45) is 0 Å². The number of aromatic nitrogens is 1. The van der Waals surface area contributed by atoms with Gasteiger partial charge in [-0.2, -0.15) is 0 Å². The normalized spacial score (nSPS) is 16.6. The third-order valence-corrected chi connectivity index (χ3v) is 5.33. The second-order valence-corrected chi connectivity index (χ2v) is 7.13. The maximum Gasteiger partial charge on any atom is 0.159 e. The van der Waals surface area contributed by atoms with E-state index in [2.05, 4.69) is 41.3 Å². The van der Waals surface area contributed by atoms with E-state index < -0.39 is 11.6 Å². The van der Waals surface area contributed by atoms with Gasteiger partial charge in [0.25, 0.3) is 0 Å². The summed E-state index contributed by atoms with van der Waals surface area (Å²) in [4.78, 5) is 5.76. The average molecular weight is 340 g/mol. The lowest BCUT2D eigenvalue weighted by atomic mass is 9.89. The summed E-state index contributed by atoms with van der Waals surface area (Å²) in [6.07, 6.45) is 5.10. The topological polar surface area (TPSA) is 19.0 Å². The van der Waals surface area contributed by atoms with Crippen LogP contribution in [0.5, 0.6) is 0 Å². The van der Waals surface area contributed by atoms with Crippen LogP contribution in [0.2, 0.25) is 0 Å². The number of nitrogens with one attached hydrogen (secondary N) is 1. The highest BCUT2D eigenvalue weighted by molar-refractivity contribution is 5.84. The fraction of sp³-hybridized carbons (Fsp3) is 0.333. The molecule has 3 aromatic rings. The molecule has 1 fully saturated rings. The standard InChI is InChI=1S/C21H22F2N2/c1-25-8-6-16(7-9-25)18-13-24-21-5-3-14(11-17(18)21)10-15-2-4-19(22)20(23)12-15/h2-5,11-13,16,24H,6-10H2,1H3. The molecule has 0 unspecified atom stereocenters. The Bertz CT molecular complexity index is 892. The molecule has 2 aromatic carbocycles. The molecule has 0 bridgehead atoms. The van der Waals surface area contributed by atoms with Crippen molar-refractivity contribution in [2.75, 3.05) is 20.1 Å². The number of hydrogen-bond acceptors (Lipinski definition) is 1. The molecule has 25 heavy (non-hydrogen) atoms. The van der Waals surface area contributed by atoms with E-state index in [1.807, 2.05) is 0 Å². The van der Waals surface area contributed by atoms with Gasteiger partial charge in [-0.25, -0.2) is 8.78 Å². The summed E-state index contributed by atoms with van der Waals surface area (Å²) in [6.45, 7) is 2.26. The van der Waals surface area contributed by atoms with E-state index in [1.54, 1.807) is 6.07 Å². The van der Waals surface area contributed by atoms with Gasteiger partial charge in [0.15, 0.2) is 11.6 Å². The first-order chi connectivity index (χ1) is 12.1. The molecule has 0 atom stereocenters. The minimum atomic E-state index is -0.797. The summed E-state index contributed by atoms with van der Waals surface area (Å²) in [5, 5.41) is 1.26. The number of rotatable bonds is 3. The van der Waals surface area contributed by atoms with Crippen molar-refractivity contribution in [1.29, 1.82) is 0 Å². The molecule has 0 spiro atoms. The summed E-state index contributed by atoms with van der Waals surface area (Å²) in [7, 11) is 2.17. The van der Waals surface area contributed by atoms with Crippen LogP contribution in [0.4, 0.5) is 8.78 Å². The van der Waals surface area contributed by atoms with Crippen molar-refractivity contribution in [3.63, 3.8) is 0 Å². The van der Waals surface area contributed by atoms with E-state index in [9.17, 15) is 8.78 Å². The van der Waals surface area contributed by atoms with E-state index in [1.165, 1.54) is 35.9 Å². The molecule has 2 nitrogen and oxygen atoms in total. The van der Waals surface area contributed by atoms with Crippen LogP contribution in [0.1, 0.15) is 35.4 Å². The summed E-state index contributed by atoms with van der Waals surface area (Å²) < 4.78 is 26.5. The third-order valence-electron chi connectivity index (χ3n) is 5.33. The summed E-state index contributed by atoms with van der Waals surface area (Å²) in [5.41, 5.74) is 4.43. The Morgan fingerprint density at radius 2 is 1.72 bits per heavy atom. The highest BCUT2D eigenvalue weighted by Gasteiger charge is 2.21. The number of halogens is 2. The maximum absolute atomic E-state index is 13.4. The molecule has 1 aliphatic rings. The van der Waals surface area contributed by atoms with Crippen molar-refractivity contribution in [2.45, 2.75) is 25.2 Å². The first-order valence-corrected chi connectivity index (χ1v) is 8.82. The van der Waals surface area contributed by atoms with Crippen LogP contribution in [-0.2, 0) is 6.42 Å². The Labute approximate surface area is 146 Å². The second-order valence-electron chi connectivity index (χ2n) is 7.13. The molecule has 4 rings (SSSR count). The lowest BCUT2D eigenvalue weighted by Crippen LogP contribution is -2.29. The Hall–Kier alpha value is -2.20. The number of nitrogens with zero attached hydrogens (tertiary/aromatic N) is 1. The molecule has 1 saturated heterocycles. The number of H-pyrrole nitrogens is 1. The van der Waals surface area contributed by atoms with Crippen LogP contribution in [0.25, 0.3) is 10.9 Å². The Morgan fingerprint density at radius 1 is 1.00 bits per heavy atom. The van der Waals surface area contributed by atoms with Crippen LogP contribution >= 0.6 is 0 Å². The number of aromatic amines is 1. The highest BCUT2D eigenvalue weighted by atomic mass is 19.2. The van der Waals surface area contributed by atoms with E-state index in [4.69, 9.17) is 0 Å². The van der Waals surface area contributed by atoms with E-state index in [0.29, 0.717) is 12.3 Å². The smallest absolute Gasteiger partial charge is 0.159 e. The lowest BCUT2D eigenvalue weighted by Gasteiger charge is -2.28. The molecule has 2 heterocycles. The minimum absolute atomic E-state index is 0.587. The zero-order chi connectivity index (χ0) is 17.4. The van der Waals surface area contributed by atoms with Gasteiger partial charge in [-0.3, -0.25) is 0 Å². The fourth-order valence-electron chi connectivity index (χ4n) is 3.84. The zero-order valence-electron chi connectivity index (χ0n) is 14.4. The van der Waals surface area contributed by atoms with Gasteiger partial charge in [-0.1, -0.05) is 12.1 Å². The van der Waals surface area contributed by atoms with Crippen molar-refractivity contribution in [1.82, 2.24) is 9.88 Å². The second kappa shape index (κ2) is 6.60. The van der Waals surface area contributed by atoms with E-state index in [0.717, 1.165) is 29.7 Å². The number of piperidine rings is 1. The van der Waals surface area contributed by atoms with Crippen LogP contribution < -0.4 is 0 Å². The van der Waals surface area contributed by atoms with Crippen LogP contribution in [-0.4, -0.2) is 30.0 Å². The van der Waals surface area contributed by atoms with Crippen molar-refractivity contribution < 1.29 is 8.78 Å². The van der Waals surface area contributed by atoms with Crippen LogP contribution in [0.15, 0.2) is 42.6 Å². The number of hydrogen-bond donors (Lipinski definition) is 1. The number of benzene rings is 2. The quantitative estimate of drug-likeness (QED) is 0.722. The molecule has 130 valence electrons. The van der Waals surface area contributed by atoms with E-state index >= 15 is 0 Å². The molecule has 1 N–H and O–H groups in total. The Kier molecular flexibility index (Phi) is 4.30. The number of likely N-dealkylation sites (tertiary alicyclic amines) is 1. The third kappa shape index (κ3) is 3.31.